The number of carbonyl (C=O) groups is 2. The van der Waals surface area contributed by atoms with Crippen LogP contribution in [0.3, 0.4) is 0 Å². The van der Waals surface area contributed by atoms with Crippen LogP contribution in [0.4, 0.5) is 4.39 Å². The van der Waals surface area contributed by atoms with Crippen LogP contribution in [0.1, 0.15) is 23.2 Å². The van der Waals surface area contributed by atoms with E-state index in [0.29, 0.717) is 39.1 Å². The van der Waals surface area contributed by atoms with Crippen LogP contribution in [0, 0.1) is 5.95 Å². The predicted molar refractivity (Wildman–Crippen MR) is 94.4 cm³/mol. The summed E-state index contributed by atoms with van der Waals surface area (Å²) >= 11 is 0. The van der Waals surface area contributed by atoms with E-state index in [1.165, 1.54) is 12.3 Å². The SMILES string of the molecule is COCCNC(=O)C1(n2cccn2)CCN(C(=O)c2ccnc(F)c2)CC1. The van der Waals surface area contributed by atoms with Gasteiger partial charge in [0.05, 0.1) is 6.61 Å². The molecule has 144 valence electrons. The van der Waals surface area contributed by atoms with Crippen LogP contribution in [0.25, 0.3) is 0 Å². The highest BCUT2D eigenvalue weighted by Gasteiger charge is 2.44. The third-order valence-corrected chi connectivity index (χ3v) is 4.81. The molecule has 1 fully saturated rings. The lowest BCUT2D eigenvalue weighted by molar-refractivity contribution is -0.133. The number of likely N-dealkylation sites (tertiary alicyclic amines) is 1. The molecule has 0 aliphatic carbocycles. The van der Waals surface area contributed by atoms with E-state index in [4.69, 9.17) is 4.74 Å². The van der Waals surface area contributed by atoms with E-state index >= 15 is 0 Å². The molecule has 0 atom stereocenters. The molecule has 27 heavy (non-hydrogen) atoms. The normalized spacial score (nSPS) is 16.1. The summed E-state index contributed by atoms with van der Waals surface area (Å²) in [5.41, 5.74) is -0.615. The Morgan fingerprint density at radius 3 is 2.74 bits per heavy atom. The molecule has 0 aromatic carbocycles. The van der Waals surface area contributed by atoms with Crippen LogP contribution >= 0.6 is 0 Å². The minimum Gasteiger partial charge on any atom is -0.383 e. The molecule has 1 aliphatic heterocycles. The highest BCUT2D eigenvalue weighted by molar-refractivity contribution is 5.94. The molecular weight excluding hydrogens is 353 g/mol. The van der Waals surface area contributed by atoms with Gasteiger partial charge in [0.15, 0.2) is 0 Å². The van der Waals surface area contributed by atoms with Crippen molar-refractivity contribution in [3.63, 3.8) is 0 Å². The van der Waals surface area contributed by atoms with Crippen LogP contribution in [0.5, 0.6) is 0 Å². The maximum absolute atomic E-state index is 13.3. The van der Waals surface area contributed by atoms with E-state index in [2.05, 4.69) is 15.4 Å². The van der Waals surface area contributed by atoms with Gasteiger partial charge in [-0.05, 0) is 25.0 Å². The van der Waals surface area contributed by atoms with E-state index in [9.17, 15) is 14.0 Å². The van der Waals surface area contributed by atoms with E-state index in [1.807, 2.05) is 0 Å². The zero-order chi connectivity index (χ0) is 19.3. The molecular formula is C18H22FN5O3. The van der Waals surface area contributed by atoms with E-state index in [0.717, 1.165) is 6.07 Å². The van der Waals surface area contributed by atoms with Gasteiger partial charge in [-0.25, -0.2) is 4.98 Å². The smallest absolute Gasteiger partial charge is 0.254 e. The zero-order valence-electron chi connectivity index (χ0n) is 15.1. The topological polar surface area (TPSA) is 89.4 Å². The van der Waals surface area contributed by atoms with Crippen molar-refractivity contribution in [2.45, 2.75) is 18.4 Å². The van der Waals surface area contributed by atoms with Gasteiger partial charge in [-0.2, -0.15) is 9.49 Å². The van der Waals surface area contributed by atoms with Gasteiger partial charge in [0.2, 0.25) is 11.9 Å². The number of ether oxygens (including phenoxy) is 1. The molecule has 9 heteroatoms. The quantitative estimate of drug-likeness (QED) is 0.596. The summed E-state index contributed by atoms with van der Waals surface area (Å²) in [5, 5.41) is 7.14. The predicted octanol–water partition coefficient (Wildman–Crippen LogP) is 0.811. The number of hydrogen-bond donors (Lipinski definition) is 1. The Bertz CT molecular complexity index is 788. The highest BCUT2D eigenvalue weighted by Crippen LogP contribution is 2.30. The summed E-state index contributed by atoms with van der Waals surface area (Å²) in [5.74, 6) is -1.11. The van der Waals surface area contributed by atoms with E-state index in [-0.39, 0.29) is 17.4 Å². The number of piperidine rings is 1. The van der Waals surface area contributed by atoms with Gasteiger partial charge in [0, 0.05) is 57.0 Å². The number of aromatic nitrogens is 3. The zero-order valence-corrected chi connectivity index (χ0v) is 15.1. The summed E-state index contributed by atoms with van der Waals surface area (Å²) in [7, 11) is 1.57. The van der Waals surface area contributed by atoms with Crippen LogP contribution < -0.4 is 5.32 Å². The summed E-state index contributed by atoms with van der Waals surface area (Å²) in [6.07, 6.45) is 5.47. The fraction of sp³-hybridized carbons (Fsp3) is 0.444. The van der Waals surface area contributed by atoms with Crippen molar-refractivity contribution in [1.82, 2.24) is 25.0 Å². The number of nitrogens with zero attached hydrogens (tertiary/aromatic N) is 4. The maximum Gasteiger partial charge on any atom is 0.254 e. The van der Waals surface area contributed by atoms with Gasteiger partial charge in [0.25, 0.3) is 5.91 Å². The summed E-state index contributed by atoms with van der Waals surface area (Å²) in [4.78, 5) is 30.6. The van der Waals surface area contributed by atoms with E-state index in [1.54, 1.807) is 35.2 Å². The average molecular weight is 375 g/mol. The molecule has 2 amide bonds. The first-order chi connectivity index (χ1) is 13.1. The number of rotatable bonds is 6. The second-order valence-electron chi connectivity index (χ2n) is 6.39. The van der Waals surface area contributed by atoms with Crippen molar-refractivity contribution in [3.8, 4) is 0 Å². The Kier molecular flexibility index (Phi) is 5.80. The van der Waals surface area contributed by atoms with Gasteiger partial charge in [-0.15, -0.1) is 0 Å². The molecule has 1 N–H and O–H groups in total. The standard InChI is InChI=1S/C18H22FN5O3/c1-27-12-8-21-17(26)18(24-9-2-6-22-24)4-10-23(11-5-18)16(25)14-3-7-20-15(19)13-14/h2-3,6-7,9,13H,4-5,8,10-12H2,1H3,(H,21,26). The number of carbonyl (C=O) groups excluding carboxylic acids is 2. The fourth-order valence-electron chi connectivity index (χ4n) is 3.31. The molecule has 0 saturated carbocycles. The van der Waals surface area contributed by atoms with Gasteiger partial charge < -0.3 is 15.0 Å². The van der Waals surface area contributed by atoms with Gasteiger partial charge >= 0.3 is 0 Å². The molecule has 0 unspecified atom stereocenters. The lowest BCUT2D eigenvalue weighted by Gasteiger charge is -2.40. The van der Waals surface area contributed by atoms with Gasteiger partial charge in [0.1, 0.15) is 5.54 Å². The molecule has 1 saturated heterocycles. The molecule has 2 aromatic rings. The Morgan fingerprint density at radius 2 is 2.11 bits per heavy atom. The lowest BCUT2D eigenvalue weighted by Crippen LogP contribution is -2.56. The Morgan fingerprint density at radius 1 is 1.33 bits per heavy atom. The summed E-state index contributed by atoms with van der Waals surface area (Å²) in [6.45, 7) is 1.54. The van der Waals surface area contributed by atoms with Crippen LogP contribution in [0.15, 0.2) is 36.8 Å². The van der Waals surface area contributed by atoms with Crippen molar-refractivity contribution in [2.24, 2.45) is 0 Å². The number of methoxy groups -OCH3 is 1. The molecule has 3 rings (SSSR count). The molecule has 0 spiro atoms. The highest BCUT2D eigenvalue weighted by atomic mass is 19.1. The van der Waals surface area contributed by atoms with Crippen LogP contribution in [-0.2, 0) is 15.1 Å². The second kappa shape index (κ2) is 8.26. The van der Waals surface area contributed by atoms with E-state index < -0.39 is 11.5 Å². The average Bonchev–Trinajstić information content (AvgIpc) is 3.23. The van der Waals surface area contributed by atoms with Crippen LogP contribution in [0.2, 0.25) is 0 Å². The molecule has 3 heterocycles. The molecule has 0 radical (unpaired) electrons. The minimum atomic E-state index is -0.864. The lowest BCUT2D eigenvalue weighted by atomic mass is 9.86. The second-order valence-corrected chi connectivity index (χ2v) is 6.39. The van der Waals surface area contributed by atoms with Crippen molar-refractivity contribution in [2.75, 3.05) is 33.4 Å². The number of amides is 2. The Labute approximate surface area is 156 Å². The monoisotopic (exact) mass is 375 g/mol. The largest absolute Gasteiger partial charge is 0.383 e. The molecule has 2 aromatic heterocycles. The minimum absolute atomic E-state index is 0.148. The Hall–Kier alpha value is -2.81. The van der Waals surface area contributed by atoms with Crippen molar-refractivity contribution < 1.29 is 18.7 Å². The molecule has 1 aliphatic rings. The Balaban J connectivity index is 1.74. The van der Waals surface area contributed by atoms with Crippen molar-refractivity contribution >= 4 is 11.8 Å². The number of nitrogens with one attached hydrogen (secondary N) is 1. The van der Waals surface area contributed by atoms with Crippen LogP contribution in [-0.4, -0.2) is 64.8 Å². The fourth-order valence-corrected chi connectivity index (χ4v) is 3.31. The summed E-state index contributed by atoms with van der Waals surface area (Å²) < 4.78 is 19.9. The van der Waals surface area contributed by atoms with Gasteiger partial charge in [-0.3, -0.25) is 14.3 Å². The first-order valence-electron chi connectivity index (χ1n) is 8.75. The first kappa shape index (κ1) is 19.0. The number of pyridine rings is 1. The molecule has 8 nitrogen and oxygen atoms in total. The molecule has 0 bridgehead atoms. The maximum atomic E-state index is 13.3. The van der Waals surface area contributed by atoms with Crippen molar-refractivity contribution in [1.29, 1.82) is 0 Å². The summed E-state index contributed by atoms with van der Waals surface area (Å²) in [6, 6.07) is 4.37. The number of halogens is 1. The first-order valence-corrected chi connectivity index (χ1v) is 8.75. The van der Waals surface area contributed by atoms with Gasteiger partial charge in [-0.1, -0.05) is 0 Å². The van der Waals surface area contributed by atoms with Crippen molar-refractivity contribution in [3.05, 3.63) is 48.3 Å². The number of hydrogen-bond acceptors (Lipinski definition) is 5. The third-order valence-electron chi connectivity index (χ3n) is 4.81. The third kappa shape index (κ3) is 3.97.